The second-order valence-electron chi connectivity index (χ2n) is 4.68. The molecule has 0 radical (unpaired) electrons. The Bertz CT molecular complexity index is 653. The summed E-state index contributed by atoms with van der Waals surface area (Å²) in [5, 5.41) is 0. The van der Waals surface area contributed by atoms with Gasteiger partial charge in [0.1, 0.15) is 0 Å². The molecule has 3 rings (SSSR count). The van der Waals surface area contributed by atoms with Gasteiger partial charge >= 0.3 is 0 Å². The number of nitrogens with zero attached hydrogens (tertiary/aromatic N) is 1. The highest BCUT2D eigenvalue weighted by molar-refractivity contribution is 7.98. The number of hydrogen-bond donors (Lipinski definition) is 0. The van der Waals surface area contributed by atoms with Crippen LogP contribution >= 0.6 is 34.7 Å². The lowest BCUT2D eigenvalue weighted by atomic mass is 10.1. The lowest BCUT2D eigenvalue weighted by molar-refractivity contribution is 0.0732. The van der Waals surface area contributed by atoms with Gasteiger partial charge in [0.15, 0.2) is 0 Å². The Morgan fingerprint density at radius 1 is 1.40 bits per heavy atom. The van der Waals surface area contributed by atoms with E-state index in [9.17, 15) is 4.79 Å². The predicted octanol–water partition coefficient (Wildman–Crippen LogP) is 4.32. The molecule has 0 saturated carbocycles. The van der Waals surface area contributed by atoms with Crippen molar-refractivity contribution in [3.8, 4) is 0 Å². The molecule has 0 aliphatic carbocycles. The van der Waals surface area contributed by atoms with Gasteiger partial charge in [0.25, 0.3) is 5.91 Å². The van der Waals surface area contributed by atoms with Gasteiger partial charge in [0.05, 0.1) is 9.90 Å². The van der Waals surface area contributed by atoms with Crippen molar-refractivity contribution < 1.29 is 4.79 Å². The fourth-order valence-corrected chi connectivity index (χ4v) is 4.35. The first-order valence-electron chi connectivity index (χ1n) is 6.38. The molecule has 1 aromatic carbocycles. The minimum Gasteiger partial charge on any atom is -0.334 e. The van der Waals surface area contributed by atoms with E-state index in [2.05, 4.69) is 0 Å². The molecule has 0 saturated heterocycles. The Hall–Kier alpha value is -0.970. The van der Waals surface area contributed by atoms with Crippen LogP contribution in [0.1, 0.15) is 20.8 Å². The molecule has 1 aromatic heterocycles. The molecule has 20 heavy (non-hydrogen) atoms. The van der Waals surface area contributed by atoms with Crippen LogP contribution in [-0.2, 0) is 13.0 Å². The van der Waals surface area contributed by atoms with Crippen LogP contribution in [0, 0.1) is 0 Å². The molecule has 2 nitrogen and oxygen atoms in total. The molecule has 1 aliphatic heterocycles. The van der Waals surface area contributed by atoms with E-state index in [1.54, 1.807) is 23.1 Å². The molecule has 0 atom stereocenters. The molecule has 0 unspecified atom stereocenters. The average molecular weight is 324 g/mol. The molecular formula is C15H14ClNOS2. The van der Waals surface area contributed by atoms with Gasteiger partial charge in [-0.15, -0.1) is 23.1 Å². The molecule has 1 aliphatic rings. The van der Waals surface area contributed by atoms with E-state index in [0.29, 0.717) is 6.54 Å². The summed E-state index contributed by atoms with van der Waals surface area (Å²) in [5.41, 5.74) is 1.99. The van der Waals surface area contributed by atoms with Crippen LogP contribution in [-0.4, -0.2) is 23.6 Å². The topological polar surface area (TPSA) is 20.3 Å². The summed E-state index contributed by atoms with van der Waals surface area (Å²) in [4.78, 5) is 16.9. The first-order valence-corrected chi connectivity index (χ1v) is 8.80. The third-order valence-corrected chi connectivity index (χ3v) is 5.62. The highest BCUT2D eigenvalue weighted by Gasteiger charge is 2.24. The zero-order valence-corrected chi connectivity index (χ0v) is 13.4. The second kappa shape index (κ2) is 5.80. The SMILES string of the molecule is CSc1ccccc1C(=O)N1CCc2sc(Cl)cc2C1. The Kier molecular flexibility index (Phi) is 4.06. The van der Waals surface area contributed by atoms with Crippen molar-refractivity contribution in [2.24, 2.45) is 0 Å². The first kappa shape index (κ1) is 14.0. The Morgan fingerprint density at radius 3 is 3.00 bits per heavy atom. The standard InChI is InChI=1S/C15H14ClNOS2/c1-19-13-5-3-2-4-11(13)15(18)17-7-6-12-10(9-17)8-14(16)20-12/h2-5,8H,6-7,9H2,1H3. The van der Waals surface area contributed by atoms with E-state index in [1.807, 2.05) is 41.5 Å². The zero-order chi connectivity index (χ0) is 14.1. The average Bonchev–Trinajstić information content (AvgIpc) is 2.85. The van der Waals surface area contributed by atoms with Crippen molar-refractivity contribution in [2.75, 3.05) is 12.8 Å². The normalized spacial score (nSPS) is 14.2. The summed E-state index contributed by atoms with van der Waals surface area (Å²) in [6, 6.07) is 9.78. The van der Waals surface area contributed by atoms with E-state index in [4.69, 9.17) is 11.6 Å². The molecule has 104 valence electrons. The van der Waals surface area contributed by atoms with Crippen molar-refractivity contribution in [3.05, 3.63) is 50.7 Å². The number of thioether (sulfide) groups is 1. The number of fused-ring (bicyclic) bond motifs is 1. The van der Waals surface area contributed by atoms with Gasteiger partial charge < -0.3 is 4.90 Å². The summed E-state index contributed by atoms with van der Waals surface area (Å²) in [6.07, 6.45) is 2.90. The summed E-state index contributed by atoms with van der Waals surface area (Å²) >= 11 is 9.30. The molecule has 0 bridgehead atoms. The zero-order valence-electron chi connectivity index (χ0n) is 11.1. The van der Waals surface area contributed by atoms with Crippen LogP contribution in [0.25, 0.3) is 0 Å². The largest absolute Gasteiger partial charge is 0.334 e. The van der Waals surface area contributed by atoms with Crippen molar-refractivity contribution >= 4 is 40.6 Å². The minimum absolute atomic E-state index is 0.114. The van der Waals surface area contributed by atoms with Gasteiger partial charge in [0, 0.05) is 22.9 Å². The van der Waals surface area contributed by atoms with Crippen LogP contribution in [0.5, 0.6) is 0 Å². The van der Waals surface area contributed by atoms with Gasteiger partial charge in [-0.3, -0.25) is 4.79 Å². The number of carbonyl (C=O) groups is 1. The second-order valence-corrected chi connectivity index (χ2v) is 7.29. The number of thiophene rings is 1. The number of amides is 1. The predicted molar refractivity (Wildman–Crippen MR) is 86.0 cm³/mol. The van der Waals surface area contributed by atoms with Crippen molar-refractivity contribution in [1.82, 2.24) is 4.90 Å². The van der Waals surface area contributed by atoms with E-state index >= 15 is 0 Å². The summed E-state index contributed by atoms with van der Waals surface area (Å²) in [7, 11) is 0. The summed E-state index contributed by atoms with van der Waals surface area (Å²) in [6.45, 7) is 1.44. The third-order valence-electron chi connectivity index (χ3n) is 3.46. The van der Waals surface area contributed by atoms with Crippen LogP contribution < -0.4 is 0 Å². The highest BCUT2D eigenvalue weighted by Crippen LogP contribution is 2.32. The van der Waals surface area contributed by atoms with E-state index in [0.717, 1.165) is 27.8 Å². The van der Waals surface area contributed by atoms with Crippen molar-refractivity contribution in [3.63, 3.8) is 0 Å². The van der Waals surface area contributed by atoms with Crippen LogP contribution in [0.4, 0.5) is 0 Å². The number of carbonyl (C=O) groups excluding carboxylic acids is 1. The Morgan fingerprint density at radius 2 is 2.20 bits per heavy atom. The molecular weight excluding hydrogens is 310 g/mol. The molecule has 1 amide bonds. The summed E-state index contributed by atoms with van der Waals surface area (Å²) in [5.74, 6) is 0.114. The van der Waals surface area contributed by atoms with Crippen LogP contribution in [0.2, 0.25) is 4.34 Å². The maximum Gasteiger partial charge on any atom is 0.255 e. The minimum atomic E-state index is 0.114. The molecule has 5 heteroatoms. The van der Waals surface area contributed by atoms with Gasteiger partial charge in [-0.1, -0.05) is 23.7 Å². The highest BCUT2D eigenvalue weighted by atomic mass is 35.5. The van der Waals surface area contributed by atoms with Crippen LogP contribution in [0.3, 0.4) is 0 Å². The fourth-order valence-electron chi connectivity index (χ4n) is 2.46. The lowest BCUT2D eigenvalue weighted by Gasteiger charge is -2.27. The number of rotatable bonds is 2. The van der Waals surface area contributed by atoms with Crippen LogP contribution in [0.15, 0.2) is 35.2 Å². The Labute approximate surface area is 131 Å². The van der Waals surface area contributed by atoms with Crippen molar-refractivity contribution in [1.29, 1.82) is 0 Å². The Balaban J connectivity index is 1.85. The molecule has 2 heterocycles. The fraction of sp³-hybridized carbons (Fsp3) is 0.267. The van der Waals surface area contributed by atoms with E-state index in [-0.39, 0.29) is 5.91 Å². The van der Waals surface area contributed by atoms with Gasteiger partial charge in [0.2, 0.25) is 0 Å². The smallest absolute Gasteiger partial charge is 0.255 e. The first-order chi connectivity index (χ1) is 9.69. The number of benzene rings is 1. The molecule has 0 fully saturated rings. The summed E-state index contributed by atoms with van der Waals surface area (Å²) < 4.78 is 0.814. The van der Waals surface area contributed by atoms with Gasteiger partial charge in [-0.05, 0) is 36.4 Å². The lowest BCUT2D eigenvalue weighted by Crippen LogP contribution is -2.35. The van der Waals surface area contributed by atoms with Crippen molar-refractivity contribution in [2.45, 2.75) is 17.9 Å². The molecule has 2 aromatic rings. The third kappa shape index (κ3) is 2.60. The number of halogens is 1. The number of hydrogen-bond acceptors (Lipinski definition) is 3. The molecule has 0 spiro atoms. The monoisotopic (exact) mass is 323 g/mol. The maximum absolute atomic E-state index is 12.7. The van der Waals surface area contributed by atoms with E-state index < -0.39 is 0 Å². The quantitative estimate of drug-likeness (QED) is 0.767. The molecule has 0 N–H and O–H groups in total. The van der Waals surface area contributed by atoms with E-state index in [1.165, 1.54) is 10.4 Å². The van der Waals surface area contributed by atoms with Gasteiger partial charge in [-0.25, -0.2) is 0 Å². The maximum atomic E-state index is 12.7. The van der Waals surface area contributed by atoms with Gasteiger partial charge in [-0.2, -0.15) is 0 Å².